The summed E-state index contributed by atoms with van der Waals surface area (Å²) in [5.41, 5.74) is 1.65. The van der Waals surface area contributed by atoms with Crippen molar-refractivity contribution in [3.05, 3.63) is 88.4 Å². The second-order valence-corrected chi connectivity index (χ2v) is 7.67. The molecule has 3 aromatic carbocycles. The van der Waals surface area contributed by atoms with Gasteiger partial charge in [0.1, 0.15) is 12.7 Å². The lowest BCUT2D eigenvalue weighted by Crippen LogP contribution is -2.40. The molecule has 6 nitrogen and oxygen atoms in total. The minimum Gasteiger partial charge on any atom is -0.486 e. The number of rotatable bonds is 5. The number of ether oxygens (including phenoxy) is 2. The number of carbonyl (C=O) groups is 2. The lowest BCUT2D eigenvalue weighted by atomic mass is 10.1. The first kappa shape index (κ1) is 20.0. The molecule has 152 valence electrons. The maximum atomic E-state index is 12.4. The number of anilines is 1. The van der Waals surface area contributed by atoms with Crippen LogP contribution in [0.3, 0.4) is 0 Å². The van der Waals surface area contributed by atoms with E-state index in [1.54, 1.807) is 42.5 Å². The van der Waals surface area contributed by atoms with Crippen molar-refractivity contribution in [1.82, 2.24) is 5.32 Å². The lowest BCUT2D eigenvalue weighted by molar-refractivity contribution is 0.0789. The number of amides is 2. The van der Waals surface area contributed by atoms with Gasteiger partial charge in [0.25, 0.3) is 11.8 Å². The smallest absolute Gasteiger partial charge is 0.255 e. The van der Waals surface area contributed by atoms with Crippen molar-refractivity contribution in [3.8, 4) is 11.5 Å². The van der Waals surface area contributed by atoms with E-state index in [1.807, 2.05) is 30.3 Å². The van der Waals surface area contributed by atoms with E-state index in [0.29, 0.717) is 41.5 Å². The highest BCUT2D eigenvalue weighted by Gasteiger charge is 2.21. The number of fused-ring (bicyclic) bond motifs is 1. The van der Waals surface area contributed by atoms with Gasteiger partial charge in [0.2, 0.25) is 0 Å². The van der Waals surface area contributed by atoms with Gasteiger partial charge in [-0.25, -0.2) is 0 Å². The van der Waals surface area contributed by atoms with Crippen LogP contribution in [0.15, 0.2) is 77.3 Å². The molecule has 0 aliphatic carbocycles. The fraction of sp³-hybridized carbons (Fsp3) is 0.130. The molecule has 0 saturated heterocycles. The van der Waals surface area contributed by atoms with Crippen LogP contribution in [0.1, 0.15) is 20.7 Å². The van der Waals surface area contributed by atoms with Gasteiger partial charge < -0.3 is 20.1 Å². The van der Waals surface area contributed by atoms with Gasteiger partial charge in [0.05, 0.1) is 6.54 Å². The second kappa shape index (κ2) is 9.00. The number of hydrogen-bond donors (Lipinski definition) is 2. The highest BCUT2D eigenvalue weighted by Crippen LogP contribution is 2.30. The van der Waals surface area contributed by atoms with Gasteiger partial charge in [-0.05, 0) is 54.6 Å². The molecular weight excluding hydrogens is 448 g/mol. The Bertz CT molecular complexity index is 1070. The van der Waals surface area contributed by atoms with Crippen molar-refractivity contribution in [2.45, 2.75) is 6.10 Å². The largest absolute Gasteiger partial charge is 0.486 e. The topological polar surface area (TPSA) is 76.7 Å². The monoisotopic (exact) mass is 466 g/mol. The highest BCUT2D eigenvalue weighted by molar-refractivity contribution is 9.10. The summed E-state index contributed by atoms with van der Waals surface area (Å²) in [6.07, 6.45) is -0.257. The molecule has 0 unspecified atom stereocenters. The SMILES string of the molecule is O=C(NC[C@H]1COc2ccccc2O1)c1ccc(NC(=O)c2cccc(Br)c2)cc1. The molecule has 0 fully saturated rings. The minimum absolute atomic E-state index is 0.219. The summed E-state index contributed by atoms with van der Waals surface area (Å²) in [4.78, 5) is 24.7. The molecule has 1 atom stereocenters. The summed E-state index contributed by atoms with van der Waals surface area (Å²) >= 11 is 3.35. The fourth-order valence-electron chi connectivity index (χ4n) is 3.01. The second-order valence-electron chi connectivity index (χ2n) is 6.75. The van der Waals surface area contributed by atoms with Gasteiger partial charge in [0, 0.05) is 21.3 Å². The van der Waals surface area contributed by atoms with E-state index in [1.165, 1.54) is 0 Å². The molecule has 1 aliphatic rings. The first-order chi connectivity index (χ1) is 14.6. The molecule has 1 heterocycles. The van der Waals surface area contributed by atoms with Crippen molar-refractivity contribution in [2.75, 3.05) is 18.5 Å². The van der Waals surface area contributed by atoms with Crippen LogP contribution < -0.4 is 20.1 Å². The molecule has 7 heteroatoms. The maximum Gasteiger partial charge on any atom is 0.255 e. The number of para-hydroxylation sites is 2. The molecule has 0 bridgehead atoms. The van der Waals surface area contributed by atoms with E-state index >= 15 is 0 Å². The van der Waals surface area contributed by atoms with E-state index < -0.39 is 0 Å². The van der Waals surface area contributed by atoms with Crippen LogP contribution in [0.2, 0.25) is 0 Å². The standard InChI is InChI=1S/C23H19BrN2O4/c24-17-5-3-4-16(12-17)23(28)26-18-10-8-15(9-11-18)22(27)25-13-19-14-29-20-6-1-2-7-21(20)30-19/h1-12,19H,13-14H2,(H,25,27)(H,26,28)/t19-/m0/s1. The Labute approximate surface area is 182 Å². The molecule has 3 aromatic rings. The van der Waals surface area contributed by atoms with Crippen molar-refractivity contribution in [1.29, 1.82) is 0 Å². The van der Waals surface area contributed by atoms with Crippen LogP contribution in [-0.4, -0.2) is 31.1 Å². The van der Waals surface area contributed by atoms with E-state index in [-0.39, 0.29) is 17.9 Å². The van der Waals surface area contributed by atoms with Crippen molar-refractivity contribution < 1.29 is 19.1 Å². The van der Waals surface area contributed by atoms with Gasteiger partial charge in [-0.2, -0.15) is 0 Å². The summed E-state index contributed by atoms with van der Waals surface area (Å²) in [5.74, 6) is 0.944. The van der Waals surface area contributed by atoms with E-state index in [0.717, 1.165) is 4.47 Å². The lowest BCUT2D eigenvalue weighted by Gasteiger charge is -2.26. The first-order valence-corrected chi connectivity index (χ1v) is 10.2. The predicted molar refractivity (Wildman–Crippen MR) is 117 cm³/mol. The molecule has 2 amide bonds. The molecule has 1 aliphatic heterocycles. The number of hydrogen-bond acceptors (Lipinski definition) is 4. The zero-order valence-corrected chi connectivity index (χ0v) is 17.5. The van der Waals surface area contributed by atoms with E-state index in [2.05, 4.69) is 26.6 Å². The van der Waals surface area contributed by atoms with Crippen LogP contribution in [0.4, 0.5) is 5.69 Å². The van der Waals surface area contributed by atoms with Crippen LogP contribution >= 0.6 is 15.9 Å². The molecule has 0 spiro atoms. The third kappa shape index (κ3) is 4.80. The first-order valence-electron chi connectivity index (χ1n) is 9.42. The van der Waals surface area contributed by atoms with Gasteiger partial charge in [0.15, 0.2) is 11.5 Å². The summed E-state index contributed by atoms with van der Waals surface area (Å²) in [6.45, 7) is 0.701. The molecule has 0 aromatic heterocycles. The predicted octanol–water partition coefficient (Wildman–Crippen LogP) is 4.27. The highest BCUT2D eigenvalue weighted by atomic mass is 79.9. The summed E-state index contributed by atoms with van der Waals surface area (Å²) in [5, 5.41) is 5.67. The number of nitrogens with one attached hydrogen (secondary N) is 2. The average Bonchev–Trinajstić information content (AvgIpc) is 2.78. The third-order valence-corrected chi connectivity index (χ3v) is 5.04. The number of carbonyl (C=O) groups excluding carboxylic acids is 2. The van der Waals surface area contributed by atoms with Crippen LogP contribution in [0.5, 0.6) is 11.5 Å². The Kier molecular flexibility index (Phi) is 5.99. The van der Waals surface area contributed by atoms with E-state index in [9.17, 15) is 9.59 Å². The average molecular weight is 467 g/mol. The normalized spacial score (nSPS) is 14.6. The van der Waals surface area contributed by atoms with Crippen molar-refractivity contribution >= 4 is 33.4 Å². The van der Waals surface area contributed by atoms with Crippen molar-refractivity contribution in [2.24, 2.45) is 0 Å². The minimum atomic E-state index is -0.257. The molecule has 30 heavy (non-hydrogen) atoms. The Balaban J connectivity index is 1.30. The molecular formula is C23H19BrN2O4. The quantitative estimate of drug-likeness (QED) is 0.588. The van der Waals surface area contributed by atoms with Gasteiger partial charge in [-0.3, -0.25) is 9.59 Å². The molecule has 0 radical (unpaired) electrons. The van der Waals surface area contributed by atoms with Crippen LogP contribution in [0.25, 0.3) is 0 Å². The maximum absolute atomic E-state index is 12.4. The number of benzene rings is 3. The van der Waals surface area contributed by atoms with E-state index in [4.69, 9.17) is 9.47 Å². The van der Waals surface area contributed by atoms with Crippen molar-refractivity contribution in [3.63, 3.8) is 0 Å². The Hall–Kier alpha value is -3.32. The number of halogens is 1. The van der Waals surface area contributed by atoms with Gasteiger partial charge in [-0.15, -0.1) is 0 Å². The van der Waals surface area contributed by atoms with Crippen LogP contribution in [-0.2, 0) is 0 Å². The summed E-state index contributed by atoms with van der Waals surface area (Å²) in [6, 6.07) is 21.3. The summed E-state index contributed by atoms with van der Waals surface area (Å²) < 4.78 is 12.3. The third-order valence-electron chi connectivity index (χ3n) is 4.55. The Morgan fingerprint density at radius 3 is 2.43 bits per heavy atom. The van der Waals surface area contributed by atoms with Crippen LogP contribution in [0, 0.1) is 0 Å². The zero-order chi connectivity index (χ0) is 20.9. The molecule has 2 N–H and O–H groups in total. The molecule has 0 saturated carbocycles. The molecule has 4 rings (SSSR count). The van der Waals surface area contributed by atoms with Gasteiger partial charge >= 0.3 is 0 Å². The Morgan fingerprint density at radius 2 is 1.67 bits per heavy atom. The zero-order valence-electron chi connectivity index (χ0n) is 15.9. The summed E-state index contributed by atoms with van der Waals surface area (Å²) in [7, 11) is 0. The van der Waals surface area contributed by atoms with Gasteiger partial charge in [-0.1, -0.05) is 34.1 Å². The fourth-order valence-corrected chi connectivity index (χ4v) is 3.41. The Morgan fingerprint density at radius 1 is 0.900 bits per heavy atom.